The minimum atomic E-state index is -0.959. The lowest BCUT2D eigenvalue weighted by Crippen LogP contribution is -2.10. The van der Waals surface area contributed by atoms with Crippen LogP contribution in [0, 0.1) is 0 Å². The minimum Gasteiger partial charge on any atom is -0.481 e. The van der Waals surface area contributed by atoms with Crippen molar-refractivity contribution in [1.29, 1.82) is 0 Å². The van der Waals surface area contributed by atoms with Crippen LogP contribution in [0.15, 0.2) is 35.7 Å². The van der Waals surface area contributed by atoms with E-state index in [4.69, 9.17) is 10.2 Å². The second kappa shape index (κ2) is 5.88. The zero-order valence-electron chi connectivity index (χ0n) is 10.9. The average Bonchev–Trinajstić information content (AvgIpc) is 2.81. The number of thiophene rings is 1. The quantitative estimate of drug-likeness (QED) is 0.886. The van der Waals surface area contributed by atoms with Crippen molar-refractivity contribution in [2.24, 2.45) is 0 Å². The molecule has 1 heterocycles. The summed E-state index contributed by atoms with van der Waals surface area (Å²) in [6, 6.07) is 9.41. The van der Waals surface area contributed by atoms with Gasteiger partial charge in [-0.25, -0.2) is 0 Å². The first kappa shape index (κ1) is 14.3. The molecule has 0 saturated heterocycles. The molecule has 0 spiro atoms. The van der Waals surface area contributed by atoms with Crippen LogP contribution in [0.1, 0.15) is 23.3 Å². The summed E-state index contributed by atoms with van der Waals surface area (Å²) < 4.78 is 0. The Morgan fingerprint density at radius 2 is 1.85 bits per heavy atom. The SMILES string of the molecule is CC(C(=O)O)c1scc(-c2ccccc2)c1CC(=O)O. The Bertz CT molecular complexity index is 631. The molecule has 104 valence electrons. The van der Waals surface area contributed by atoms with Crippen molar-refractivity contribution in [3.8, 4) is 11.1 Å². The maximum atomic E-state index is 11.1. The van der Waals surface area contributed by atoms with Crippen LogP contribution in [0.3, 0.4) is 0 Å². The first-order valence-electron chi connectivity index (χ1n) is 6.11. The zero-order valence-corrected chi connectivity index (χ0v) is 11.7. The van der Waals surface area contributed by atoms with Gasteiger partial charge in [0.2, 0.25) is 0 Å². The lowest BCUT2D eigenvalue weighted by molar-refractivity contribution is -0.139. The molecule has 1 unspecified atom stereocenters. The third-order valence-corrected chi connectivity index (χ3v) is 4.31. The van der Waals surface area contributed by atoms with Crippen LogP contribution < -0.4 is 0 Å². The third-order valence-electron chi connectivity index (χ3n) is 3.10. The molecular formula is C15H14O4S. The Labute approximate surface area is 120 Å². The molecule has 2 aromatic rings. The van der Waals surface area contributed by atoms with Crippen molar-refractivity contribution in [2.75, 3.05) is 0 Å². The summed E-state index contributed by atoms with van der Waals surface area (Å²) in [6.07, 6.45) is -0.166. The van der Waals surface area contributed by atoms with Gasteiger partial charge in [0.25, 0.3) is 0 Å². The Hall–Kier alpha value is -2.14. The molecule has 1 aromatic carbocycles. The van der Waals surface area contributed by atoms with Crippen LogP contribution in [0.4, 0.5) is 0 Å². The first-order valence-corrected chi connectivity index (χ1v) is 6.99. The lowest BCUT2D eigenvalue weighted by Gasteiger charge is -2.09. The largest absolute Gasteiger partial charge is 0.481 e. The number of benzene rings is 1. The molecule has 4 nitrogen and oxygen atoms in total. The molecule has 0 bridgehead atoms. The molecule has 1 aromatic heterocycles. The van der Waals surface area contributed by atoms with E-state index in [0.717, 1.165) is 11.1 Å². The highest BCUT2D eigenvalue weighted by atomic mass is 32.1. The minimum absolute atomic E-state index is 0.166. The van der Waals surface area contributed by atoms with Gasteiger partial charge in [-0.3, -0.25) is 9.59 Å². The van der Waals surface area contributed by atoms with Crippen LogP contribution >= 0.6 is 11.3 Å². The monoisotopic (exact) mass is 290 g/mol. The van der Waals surface area contributed by atoms with Crippen LogP contribution in [0.2, 0.25) is 0 Å². The Kier molecular flexibility index (Phi) is 4.20. The predicted molar refractivity (Wildman–Crippen MR) is 77.1 cm³/mol. The van der Waals surface area contributed by atoms with Crippen molar-refractivity contribution >= 4 is 23.3 Å². The van der Waals surface area contributed by atoms with Crippen LogP contribution in [0.25, 0.3) is 11.1 Å². The summed E-state index contributed by atoms with van der Waals surface area (Å²) in [5.41, 5.74) is 2.31. The zero-order chi connectivity index (χ0) is 14.7. The second-order valence-electron chi connectivity index (χ2n) is 4.49. The molecule has 20 heavy (non-hydrogen) atoms. The Morgan fingerprint density at radius 1 is 1.20 bits per heavy atom. The first-order chi connectivity index (χ1) is 9.50. The van der Waals surface area contributed by atoms with Crippen LogP contribution in [-0.2, 0) is 16.0 Å². The van der Waals surface area contributed by atoms with E-state index in [1.165, 1.54) is 11.3 Å². The van der Waals surface area contributed by atoms with E-state index in [-0.39, 0.29) is 6.42 Å². The summed E-state index contributed by atoms with van der Waals surface area (Å²) >= 11 is 1.31. The maximum Gasteiger partial charge on any atom is 0.311 e. The fraction of sp³-hybridized carbons (Fsp3) is 0.200. The molecule has 2 N–H and O–H groups in total. The number of carboxylic acids is 2. The molecule has 0 amide bonds. The van der Waals surface area contributed by atoms with Crippen molar-refractivity contribution in [1.82, 2.24) is 0 Å². The van der Waals surface area contributed by atoms with Gasteiger partial charge >= 0.3 is 11.9 Å². The van der Waals surface area contributed by atoms with Gasteiger partial charge in [-0.1, -0.05) is 30.3 Å². The van der Waals surface area contributed by atoms with Gasteiger partial charge in [-0.15, -0.1) is 11.3 Å². The van der Waals surface area contributed by atoms with E-state index < -0.39 is 17.9 Å². The molecule has 0 fully saturated rings. The van der Waals surface area contributed by atoms with Gasteiger partial charge in [0, 0.05) is 4.88 Å². The average molecular weight is 290 g/mol. The van der Waals surface area contributed by atoms with Crippen molar-refractivity contribution in [2.45, 2.75) is 19.3 Å². The molecule has 2 rings (SSSR count). The fourth-order valence-corrected chi connectivity index (χ4v) is 3.22. The highest BCUT2D eigenvalue weighted by Crippen LogP contribution is 2.36. The highest BCUT2D eigenvalue weighted by molar-refractivity contribution is 7.10. The van der Waals surface area contributed by atoms with E-state index in [9.17, 15) is 9.59 Å². The number of carboxylic acid groups (broad SMARTS) is 2. The summed E-state index contributed by atoms with van der Waals surface area (Å²) in [7, 11) is 0. The van der Waals surface area contributed by atoms with Gasteiger partial charge in [0.15, 0.2) is 0 Å². The van der Waals surface area contributed by atoms with Gasteiger partial charge in [0.05, 0.1) is 12.3 Å². The van der Waals surface area contributed by atoms with Crippen molar-refractivity contribution in [3.63, 3.8) is 0 Å². The smallest absolute Gasteiger partial charge is 0.311 e. The molecule has 0 aliphatic carbocycles. The summed E-state index contributed by atoms with van der Waals surface area (Å²) in [5.74, 6) is -2.61. The second-order valence-corrected chi connectivity index (χ2v) is 5.40. The highest BCUT2D eigenvalue weighted by Gasteiger charge is 2.23. The molecule has 0 aliphatic rings. The summed E-state index contributed by atoms with van der Waals surface area (Å²) in [4.78, 5) is 22.8. The Morgan fingerprint density at radius 3 is 2.40 bits per heavy atom. The number of carbonyl (C=O) groups is 2. The third kappa shape index (κ3) is 2.88. The van der Waals surface area contributed by atoms with Crippen LogP contribution in [-0.4, -0.2) is 22.2 Å². The Balaban J connectivity index is 2.53. The molecular weight excluding hydrogens is 276 g/mol. The van der Waals surface area contributed by atoms with E-state index >= 15 is 0 Å². The number of aliphatic carboxylic acids is 2. The van der Waals surface area contributed by atoms with E-state index in [0.29, 0.717) is 10.4 Å². The number of rotatable bonds is 5. The summed E-state index contributed by atoms with van der Waals surface area (Å²) in [5, 5.41) is 20.0. The normalized spacial score (nSPS) is 12.1. The van der Waals surface area contributed by atoms with E-state index in [1.807, 2.05) is 35.7 Å². The molecule has 1 atom stereocenters. The van der Waals surface area contributed by atoms with E-state index in [1.54, 1.807) is 6.92 Å². The van der Waals surface area contributed by atoms with Crippen molar-refractivity contribution < 1.29 is 19.8 Å². The molecule has 0 saturated carbocycles. The lowest BCUT2D eigenvalue weighted by atomic mass is 9.96. The molecule has 0 radical (unpaired) electrons. The van der Waals surface area contributed by atoms with Crippen LogP contribution in [0.5, 0.6) is 0 Å². The number of hydrogen-bond donors (Lipinski definition) is 2. The van der Waals surface area contributed by atoms with E-state index in [2.05, 4.69) is 0 Å². The standard InChI is InChI=1S/C15H14O4S/c1-9(15(18)19)14-11(7-13(16)17)12(8-20-14)10-5-3-2-4-6-10/h2-6,8-9H,7H2,1H3,(H,16,17)(H,18,19). The van der Waals surface area contributed by atoms with Gasteiger partial charge in [-0.05, 0) is 29.0 Å². The molecule has 0 aliphatic heterocycles. The maximum absolute atomic E-state index is 11.1. The fourth-order valence-electron chi connectivity index (χ4n) is 2.07. The van der Waals surface area contributed by atoms with Gasteiger partial charge in [-0.2, -0.15) is 0 Å². The van der Waals surface area contributed by atoms with Crippen molar-refractivity contribution in [3.05, 3.63) is 46.2 Å². The molecule has 5 heteroatoms. The van der Waals surface area contributed by atoms with Gasteiger partial charge < -0.3 is 10.2 Å². The summed E-state index contributed by atoms with van der Waals surface area (Å²) in [6.45, 7) is 1.58. The topological polar surface area (TPSA) is 74.6 Å². The van der Waals surface area contributed by atoms with Gasteiger partial charge in [0.1, 0.15) is 0 Å². The number of hydrogen-bond acceptors (Lipinski definition) is 3. The predicted octanol–water partition coefficient (Wildman–Crippen LogP) is 3.23.